The predicted molar refractivity (Wildman–Crippen MR) is 170 cm³/mol. The Labute approximate surface area is 262 Å². The quantitative estimate of drug-likeness (QED) is 0.138. The monoisotopic (exact) mass is 682 g/mol. The van der Waals surface area contributed by atoms with Gasteiger partial charge in [0.05, 0.1) is 11.8 Å². The van der Waals surface area contributed by atoms with Crippen LogP contribution in [-0.4, -0.2) is 11.9 Å². The van der Waals surface area contributed by atoms with Gasteiger partial charge in [0.25, 0.3) is 0 Å². The smallest absolute Gasteiger partial charge is 0.311 e. The molecule has 0 unspecified atom stereocenters. The van der Waals surface area contributed by atoms with E-state index in [0.717, 1.165) is 42.3 Å². The summed E-state index contributed by atoms with van der Waals surface area (Å²) in [6.07, 6.45) is 4.13. The van der Waals surface area contributed by atoms with Crippen LogP contribution < -0.4 is 0 Å². The number of hydrogen-bond acceptors (Lipinski definition) is 4. The molecule has 4 nitrogen and oxygen atoms in total. The van der Waals surface area contributed by atoms with Crippen LogP contribution in [0.4, 0.5) is 0 Å². The molecule has 6 heteroatoms. The number of allylic oxidation sites excluding steroid dienone is 3. The molecule has 0 amide bonds. The molecule has 2 aliphatic rings. The van der Waals surface area contributed by atoms with Gasteiger partial charge in [0.2, 0.25) is 0 Å². The van der Waals surface area contributed by atoms with Crippen molar-refractivity contribution < 1.29 is 19.1 Å². The zero-order valence-corrected chi connectivity index (χ0v) is 25.8. The molecule has 2 bridgehead atoms. The van der Waals surface area contributed by atoms with Crippen molar-refractivity contribution in [1.82, 2.24) is 0 Å². The highest BCUT2D eigenvalue weighted by atomic mass is 79.9. The molecule has 42 heavy (non-hydrogen) atoms. The number of esters is 2. The summed E-state index contributed by atoms with van der Waals surface area (Å²) in [5.74, 6) is -2.73. The highest BCUT2D eigenvalue weighted by Gasteiger charge is 2.57. The van der Waals surface area contributed by atoms with Crippen molar-refractivity contribution in [3.8, 4) is 0 Å². The summed E-state index contributed by atoms with van der Waals surface area (Å²) < 4.78 is 13.7. The number of halogens is 2. The Bertz CT molecular complexity index is 1510. The van der Waals surface area contributed by atoms with Crippen LogP contribution in [0.25, 0.3) is 5.57 Å². The van der Waals surface area contributed by atoms with Gasteiger partial charge < -0.3 is 9.47 Å². The first-order valence-electron chi connectivity index (χ1n) is 13.8. The maximum Gasteiger partial charge on any atom is 0.311 e. The summed E-state index contributed by atoms with van der Waals surface area (Å²) in [7, 11) is 0. The minimum Gasteiger partial charge on any atom is -0.461 e. The first kappa shape index (κ1) is 28.4. The van der Waals surface area contributed by atoms with Gasteiger partial charge >= 0.3 is 11.9 Å². The molecular weight excluding hydrogens is 656 g/mol. The van der Waals surface area contributed by atoms with Crippen molar-refractivity contribution in [3.05, 3.63) is 158 Å². The Morgan fingerprint density at radius 2 is 0.929 bits per heavy atom. The average molecular weight is 684 g/mol. The van der Waals surface area contributed by atoms with Gasteiger partial charge in [0.1, 0.15) is 13.2 Å². The minimum atomic E-state index is -0.690. The van der Waals surface area contributed by atoms with Crippen LogP contribution in [0.5, 0.6) is 0 Å². The van der Waals surface area contributed by atoms with Crippen molar-refractivity contribution in [2.24, 2.45) is 23.7 Å². The van der Waals surface area contributed by atoms with Crippen molar-refractivity contribution in [2.75, 3.05) is 0 Å². The summed E-state index contributed by atoms with van der Waals surface area (Å²) >= 11 is 6.89. The molecule has 0 radical (unpaired) electrons. The third kappa shape index (κ3) is 5.92. The molecule has 0 aromatic heterocycles. The van der Waals surface area contributed by atoms with Gasteiger partial charge in [-0.05, 0) is 57.7 Å². The fourth-order valence-electron chi connectivity index (χ4n) is 6.03. The van der Waals surface area contributed by atoms with E-state index in [-0.39, 0.29) is 25.0 Å². The number of ether oxygens (including phenoxy) is 2. The van der Waals surface area contributed by atoms with Gasteiger partial charge in [0.15, 0.2) is 0 Å². The van der Waals surface area contributed by atoms with E-state index in [0.29, 0.717) is 0 Å². The molecule has 0 saturated heterocycles. The number of carbonyl (C=O) groups excluding carboxylic acids is 2. The fourth-order valence-corrected chi connectivity index (χ4v) is 6.56. The topological polar surface area (TPSA) is 52.6 Å². The Balaban J connectivity index is 1.37. The molecule has 4 aromatic carbocycles. The van der Waals surface area contributed by atoms with Crippen LogP contribution in [-0.2, 0) is 32.3 Å². The lowest BCUT2D eigenvalue weighted by molar-refractivity contribution is -0.162. The Morgan fingerprint density at radius 1 is 0.548 bits per heavy atom. The van der Waals surface area contributed by atoms with Crippen LogP contribution in [0, 0.1) is 23.7 Å². The van der Waals surface area contributed by atoms with Gasteiger partial charge in [-0.15, -0.1) is 0 Å². The van der Waals surface area contributed by atoms with E-state index in [9.17, 15) is 9.59 Å². The number of hydrogen-bond donors (Lipinski definition) is 0. The molecule has 0 heterocycles. The van der Waals surface area contributed by atoms with E-state index in [2.05, 4.69) is 68.3 Å². The maximum atomic E-state index is 13.8. The molecule has 1 saturated carbocycles. The van der Waals surface area contributed by atoms with Gasteiger partial charge in [0, 0.05) is 20.8 Å². The largest absolute Gasteiger partial charge is 0.461 e. The summed E-state index contributed by atoms with van der Waals surface area (Å²) in [5, 5.41) is 0. The summed E-state index contributed by atoms with van der Waals surface area (Å²) in [4.78, 5) is 27.7. The van der Waals surface area contributed by atoms with E-state index in [1.807, 2.05) is 84.9 Å². The molecule has 0 aliphatic heterocycles. The van der Waals surface area contributed by atoms with E-state index in [4.69, 9.17) is 9.47 Å². The van der Waals surface area contributed by atoms with E-state index in [1.54, 1.807) is 0 Å². The highest BCUT2D eigenvalue weighted by Crippen LogP contribution is 2.56. The molecule has 6 rings (SSSR count). The summed E-state index contributed by atoms with van der Waals surface area (Å²) in [5.41, 5.74) is 5.95. The van der Waals surface area contributed by atoms with Crippen LogP contribution in [0.1, 0.15) is 22.3 Å². The van der Waals surface area contributed by atoms with Crippen LogP contribution in [0.2, 0.25) is 0 Å². The summed E-state index contributed by atoms with van der Waals surface area (Å²) in [6.45, 7) is 0.265. The SMILES string of the molecule is O=C(OCc1ccc(Br)cc1)[C@@H]1[C@H](C(=O)OCc2ccc(Br)cc2)[C@H]2C=C[C@@H]1C2=C(c1ccccc1)c1ccccc1. The van der Waals surface area contributed by atoms with Gasteiger partial charge in [-0.1, -0.05) is 129 Å². The van der Waals surface area contributed by atoms with Crippen molar-refractivity contribution in [3.63, 3.8) is 0 Å². The zero-order valence-electron chi connectivity index (χ0n) is 22.7. The second-order valence-corrected chi connectivity index (χ2v) is 12.4. The summed E-state index contributed by atoms with van der Waals surface area (Å²) in [6, 6.07) is 35.6. The van der Waals surface area contributed by atoms with E-state index < -0.39 is 23.8 Å². The normalized spacial score (nSPS) is 20.4. The first-order valence-corrected chi connectivity index (χ1v) is 15.4. The molecule has 4 atom stereocenters. The second-order valence-electron chi connectivity index (χ2n) is 10.5. The van der Waals surface area contributed by atoms with Gasteiger partial charge in [-0.25, -0.2) is 0 Å². The van der Waals surface area contributed by atoms with Crippen LogP contribution in [0.3, 0.4) is 0 Å². The molecule has 210 valence electrons. The number of benzene rings is 4. The predicted octanol–water partition coefficient (Wildman–Crippen LogP) is 8.55. The average Bonchev–Trinajstić information content (AvgIpc) is 3.57. The molecule has 0 N–H and O–H groups in total. The zero-order chi connectivity index (χ0) is 29.1. The highest BCUT2D eigenvalue weighted by molar-refractivity contribution is 9.10. The fraction of sp³-hybridized carbons (Fsp3) is 0.167. The third-order valence-corrected chi connectivity index (χ3v) is 9.01. The first-order chi connectivity index (χ1) is 20.5. The maximum absolute atomic E-state index is 13.8. The second kappa shape index (κ2) is 12.6. The lowest BCUT2D eigenvalue weighted by Gasteiger charge is -2.24. The lowest BCUT2D eigenvalue weighted by atomic mass is 9.83. The van der Waals surface area contributed by atoms with Crippen LogP contribution >= 0.6 is 31.9 Å². The number of rotatable bonds is 8. The number of fused-ring (bicyclic) bond motifs is 2. The van der Waals surface area contributed by atoms with Crippen molar-refractivity contribution >= 4 is 49.4 Å². The minimum absolute atomic E-state index is 0.133. The van der Waals surface area contributed by atoms with Gasteiger partial charge in [-0.3, -0.25) is 9.59 Å². The Kier molecular flexibility index (Phi) is 8.54. The lowest BCUT2D eigenvalue weighted by Crippen LogP contribution is -2.35. The number of carbonyl (C=O) groups is 2. The molecule has 0 spiro atoms. The Morgan fingerprint density at radius 3 is 1.31 bits per heavy atom. The Hall–Kier alpha value is -3.74. The molecular formula is C36H28Br2O4. The van der Waals surface area contributed by atoms with E-state index >= 15 is 0 Å². The standard InChI is InChI=1S/C36H28Br2O4/c37-27-15-11-23(12-16-27)21-41-35(39)33-29-19-20-30(34(33)36(40)42-22-24-13-17-28(38)18-14-24)32(29)31(25-7-3-1-4-8-25)26-9-5-2-6-10-26/h1-20,29-30,33-34H,21-22H2/t29-,30+,33+,34-. The molecule has 1 fully saturated rings. The third-order valence-electron chi connectivity index (χ3n) is 7.95. The van der Waals surface area contributed by atoms with Crippen molar-refractivity contribution in [1.29, 1.82) is 0 Å². The van der Waals surface area contributed by atoms with Gasteiger partial charge in [-0.2, -0.15) is 0 Å². The van der Waals surface area contributed by atoms with E-state index in [1.165, 1.54) is 0 Å². The van der Waals surface area contributed by atoms with Crippen molar-refractivity contribution in [2.45, 2.75) is 13.2 Å². The van der Waals surface area contributed by atoms with Crippen LogP contribution in [0.15, 0.2) is 136 Å². The molecule has 4 aromatic rings. The molecule has 2 aliphatic carbocycles.